The molecular weight excluding hydrogens is 519 g/mol. The summed E-state index contributed by atoms with van der Waals surface area (Å²) in [6.45, 7) is 5.91. The van der Waals surface area contributed by atoms with Crippen molar-refractivity contribution < 1.29 is 13.9 Å². The van der Waals surface area contributed by atoms with Crippen LogP contribution in [0.3, 0.4) is 0 Å². The number of imidazole rings is 1. The molecule has 1 aliphatic carbocycles. The number of rotatable bonds is 6. The van der Waals surface area contributed by atoms with E-state index < -0.39 is 5.82 Å². The van der Waals surface area contributed by atoms with Gasteiger partial charge >= 0.3 is 0 Å². The quantitative estimate of drug-likeness (QED) is 0.304. The maximum absolute atomic E-state index is 14.1. The Hall–Kier alpha value is -2.00. The molecule has 3 aromatic rings. The lowest BCUT2D eigenvalue weighted by Crippen LogP contribution is -2.14. The third-order valence-electron chi connectivity index (χ3n) is 4.51. The van der Waals surface area contributed by atoms with Crippen molar-refractivity contribution in [3.63, 3.8) is 0 Å². The summed E-state index contributed by atoms with van der Waals surface area (Å²) in [7, 11) is 1.42. The number of carbonyl (C=O) groups is 1. The Morgan fingerprint density at radius 1 is 1.30 bits per heavy atom. The Morgan fingerprint density at radius 3 is 2.67 bits per heavy atom. The molecule has 0 aliphatic heterocycles. The number of anilines is 3. The Morgan fingerprint density at radius 2 is 2.03 bits per heavy atom. The molecule has 2 aromatic heterocycles. The number of amides is 1. The van der Waals surface area contributed by atoms with Gasteiger partial charge in [0.05, 0.1) is 24.9 Å². The van der Waals surface area contributed by atoms with Gasteiger partial charge in [-0.25, -0.2) is 14.4 Å². The van der Waals surface area contributed by atoms with Crippen LogP contribution in [0.5, 0.6) is 5.75 Å². The van der Waals surface area contributed by atoms with Gasteiger partial charge in [-0.1, -0.05) is 19.9 Å². The van der Waals surface area contributed by atoms with E-state index in [9.17, 15) is 9.18 Å². The van der Waals surface area contributed by atoms with Gasteiger partial charge in [0, 0.05) is 12.0 Å². The highest BCUT2D eigenvalue weighted by atomic mass is 127. The minimum atomic E-state index is -0.462. The summed E-state index contributed by atoms with van der Waals surface area (Å²) in [5.74, 6) is 0.947. The largest absolute Gasteiger partial charge is 0.492 e. The number of hydrogen-bond donors (Lipinski definition) is 2. The Labute approximate surface area is 189 Å². The Balaban J connectivity index is 0.00000124. The van der Waals surface area contributed by atoms with E-state index in [1.807, 2.05) is 25.1 Å². The molecular formula is C20H24FIN5O2P. The van der Waals surface area contributed by atoms with Crippen molar-refractivity contribution in [2.75, 3.05) is 17.7 Å². The molecule has 0 saturated heterocycles. The van der Waals surface area contributed by atoms with Crippen LogP contribution in [0.1, 0.15) is 32.5 Å². The first kappa shape index (κ1) is 22.7. The normalized spacial score (nSPS) is 13.3. The highest BCUT2D eigenvalue weighted by molar-refractivity contribution is 14.2. The minimum Gasteiger partial charge on any atom is -0.492 e. The molecule has 2 heterocycles. The minimum absolute atomic E-state index is 0.0270. The SMILES string of the molecule is CC.COc1c(F)cccc1Nc1cc(NC(=O)C2CC2)nc2c1nc(C)n2PI. The van der Waals surface area contributed by atoms with Crippen molar-refractivity contribution >= 4 is 62.7 Å². The lowest BCUT2D eigenvalue weighted by atomic mass is 10.2. The standard InChI is InChI=1S/C18H18FIN5O2P.C2H6/c1-9-21-15-13(22-12-5-3-4-11(19)16(12)27-2)8-14(23-17(15)25(9)28-20)24-18(26)10-6-7-10;1-2/h3-5,8,10,28H,6-7H2,1-2H3,(H2,22,23,24,26);1-2H3. The number of ether oxygens (including phenoxy) is 1. The van der Waals surface area contributed by atoms with Gasteiger partial charge in [-0.3, -0.25) is 9.13 Å². The van der Waals surface area contributed by atoms with Gasteiger partial charge in [-0.2, -0.15) is 0 Å². The summed E-state index contributed by atoms with van der Waals surface area (Å²) < 4.78 is 21.3. The number of fused-ring (bicyclic) bond motifs is 1. The van der Waals surface area contributed by atoms with Crippen molar-refractivity contribution in [3.05, 3.63) is 35.9 Å². The molecule has 1 saturated carbocycles. The van der Waals surface area contributed by atoms with Gasteiger partial charge < -0.3 is 15.4 Å². The summed E-state index contributed by atoms with van der Waals surface area (Å²) in [4.78, 5) is 21.4. The number of aromatic nitrogens is 3. The van der Waals surface area contributed by atoms with Gasteiger partial charge in [0.1, 0.15) is 17.2 Å². The molecule has 1 atom stereocenters. The van der Waals surface area contributed by atoms with Gasteiger partial charge in [0.15, 0.2) is 17.2 Å². The molecule has 7 nitrogen and oxygen atoms in total. The summed E-state index contributed by atoms with van der Waals surface area (Å²) in [5, 5.41) is 6.09. The molecule has 10 heteroatoms. The van der Waals surface area contributed by atoms with Crippen LogP contribution in [0.15, 0.2) is 24.3 Å². The third-order valence-corrected chi connectivity index (χ3v) is 6.66. The summed E-state index contributed by atoms with van der Waals surface area (Å²) in [5.41, 5.74) is 2.41. The lowest BCUT2D eigenvalue weighted by Gasteiger charge is -2.13. The number of methoxy groups -OCH3 is 1. The van der Waals surface area contributed by atoms with E-state index in [1.165, 1.54) is 13.2 Å². The zero-order valence-electron chi connectivity index (χ0n) is 17.2. The zero-order chi connectivity index (χ0) is 21.8. The Bertz CT molecular complexity index is 1070. The molecule has 1 aromatic carbocycles. The van der Waals surface area contributed by atoms with E-state index in [1.54, 1.807) is 18.2 Å². The number of para-hydroxylation sites is 1. The molecule has 4 rings (SSSR count). The highest BCUT2D eigenvalue weighted by Crippen LogP contribution is 2.38. The average molecular weight is 543 g/mol. The molecule has 1 aliphatic rings. The molecule has 2 N–H and O–H groups in total. The number of nitrogens with zero attached hydrogens (tertiary/aromatic N) is 3. The van der Waals surface area contributed by atoms with E-state index in [4.69, 9.17) is 4.74 Å². The lowest BCUT2D eigenvalue weighted by molar-refractivity contribution is -0.117. The summed E-state index contributed by atoms with van der Waals surface area (Å²) in [6, 6.07) is 6.38. The molecule has 0 bridgehead atoms. The van der Waals surface area contributed by atoms with Crippen LogP contribution >= 0.6 is 28.4 Å². The first-order valence-corrected chi connectivity index (χ1v) is 13.7. The predicted molar refractivity (Wildman–Crippen MR) is 129 cm³/mol. The van der Waals surface area contributed by atoms with Crippen molar-refractivity contribution in [1.29, 1.82) is 0 Å². The fourth-order valence-electron chi connectivity index (χ4n) is 2.95. The van der Waals surface area contributed by atoms with Crippen LogP contribution in [0.4, 0.5) is 21.6 Å². The van der Waals surface area contributed by atoms with E-state index in [0.29, 0.717) is 34.7 Å². The van der Waals surface area contributed by atoms with E-state index in [2.05, 4.69) is 42.6 Å². The number of benzene rings is 1. The number of nitrogens with one attached hydrogen (secondary N) is 2. The fraction of sp³-hybridized carbons (Fsp3) is 0.350. The van der Waals surface area contributed by atoms with Crippen LogP contribution in [0.25, 0.3) is 11.2 Å². The second-order valence-electron chi connectivity index (χ2n) is 6.52. The third kappa shape index (κ3) is 4.67. The van der Waals surface area contributed by atoms with Gasteiger partial charge in [0.2, 0.25) is 5.91 Å². The van der Waals surface area contributed by atoms with Crippen LogP contribution in [0, 0.1) is 18.7 Å². The number of carbonyl (C=O) groups excluding carboxylic acids is 1. The molecule has 0 radical (unpaired) electrons. The second kappa shape index (κ2) is 9.87. The smallest absolute Gasteiger partial charge is 0.228 e. The number of halogens is 2. The molecule has 1 amide bonds. The van der Waals surface area contributed by atoms with Crippen LogP contribution in [0.2, 0.25) is 0 Å². The van der Waals surface area contributed by atoms with Crippen molar-refractivity contribution in [2.45, 2.75) is 33.6 Å². The predicted octanol–water partition coefficient (Wildman–Crippen LogP) is 5.80. The molecule has 1 unspecified atom stereocenters. The number of hydrogen-bond acceptors (Lipinski definition) is 5. The first-order chi connectivity index (χ1) is 14.5. The van der Waals surface area contributed by atoms with E-state index >= 15 is 0 Å². The second-order valence-corrected chi connectivity index (χ2v) is 8.58. The van der Waals surface area contributed by atoms with Crippen molar-refractivity contribution in [3.8, 4) is 5.75 Å². The van der Waals surface area contributed by atoms with Gasteiger partial charge in [-0.05, 0) is 53.9 Å². The van der Waals surface area contributed by atoms with E-state index in [-0.39, 0.29) is 17.6 Å². The van der Waals surface area contributed by atoms with Crippen LogP contribution in [-0.4, -0.2) is 27.3 Å². The fourth-order valence-corrected chi connectivity index (χ4v) is 5.09. The van der Waals surface area contributed by atoms with Crippen LogP contribution in [-0.2, 0) is 4.79 Å². The molecule has 1 fully saturated rings. The summed E-state index contributed by atoms with van der Waals surface area (Å²) >= 11 is 2.27. The molecule has 30 heavy (non-hydrogen) atoms. The first-order valence-electron chi connectivity index (χ1n) is 9.69. The van der Waals surface area contributed by atoms with E-state index in [0.717, 1.165) is 18.7 Å². The average Bonchev–Trinajstić information content (AvgIpc) is 3.53. The number of aryl methyl sites for hydroxylation is 1. The zero-order valence-corrected chi connectivity index (χ0v) is 20.4. The van der Waals surface area contributed by atoms with Crippen LogP contribution < -0.4 is 15.4 Å². The highest BCUT2D eigenvalue weighted by Gasteiger charge is 2.30. The monoisotopic (exact) mass is 543 g/mol. The topological polar surface area (TPSA) is 81.1 Å². The van der Waals surface area contributed by atoms with Gasteiger partial charge in [0.25, 0.3) is 0 Å². The maximum atomic E-state index is 14.1. The maximum Gasteiger partial charge on any atom is 0.228 e. The number of pyridine rings is 1. The van der Waals surface area contributed by atoms with Crippen molar-refractivity contribution in [2.24, 2.45) is 5.92 Å². The van der Waals surface area contributed by atoms with Crippen molar-refractivity contribution in [1.82, 2.24) is 14.3 Å². The molecule has 0 spiro atoms. The summed E-state index contributed by atoms with van der Waals surface area (Å²) in [6.07, 6.45) is 2.22. The van der Waals surface area contributed by atoms with Gasteiger partial charge in [-0.15, -0.1) is 0 Å². The Kier molecular flexibility index (Phi) is 7.46. The molecule has 160 valence electrons.